The number of benzene rings is 1. The van der Waals surface area contributed by atoms with Crippen LogP contribution in [-0.4, -0.2) is 12.9 Å². The van der Waals surface area contributed by atoms with Crippen molar-refractivity contribution >= 4 is 5.78 Å². The average Bonchev–Trinajstić information content (AvgIpc) is 2.18. The van der Waals surface area contributed by atoms with E-state index in [0.717, 1.165) is 6.07 Å². The molecule has 0 N–H and O–H groups in total. The number of halogens is 1. The maximum Gasteiger partial charge on any atom is 0.177 e. The first kappa shape index (κ1) is 10.2. The van der Waals surface area contributed by atoms with Gasteiger partial charge in [0.1, 0.15) is 0 Å². The molecule has 0 atom stereocenters. The Balaban J connectivity index is 2.98. The molecule has 0 aliphatic carbocycles. The fourth-order valence-corrected chi connectivity index (χ4v) is 1.01. The molecule has 3 nitrogen and oxygen atoms in total. The molecule has 0 saturated heterocycles. The van der Waals surface area contributed by atoms with Crippen LogP contribution in [0.5, 0.6) is 5.75 Å². The van der Waals surface area contributed by atoms with Crippen molar-refractivity contribution in [1.29, 1.82) is 5.26 Å². The van der Waals surface area contributed by atoms with Gasteiger partial charge in [0.25, 0.3) is 0 Å². The van der Waals surface area contributed by atoms with Crippen molar-refractivity contribution in [2.24, 2.45) is 0 Å². The van der Waals surface area contributed by atoms with E-state index in [1.807, 2.05) is 0 Å². The highest BCUT2D eigenvalue weighted by Gasteiger charge is 2.09. The zero-order chi connectivity index (χ0) is 10.6. The second-order valence-electron chi connectivity index (χ2n) is 2.61. The van der Waals surface area contributed by atoms with Gasteiger partial charge < -0.3 is 4.74 Å². The van der Waals surface area contributed by atoms with E-state index in [1.165, 1.54) is 19.2 Å². The van der Waals surface area contributed by atoms with E-state index >= 15 is 0 Å². The van der Waals surface area contributed by atoms with Gasteiger partial charge in [-0.1, -0.05) is 0 Å². The molecule has 14 heavy (non-hydrogen) atoms. The van der Waals surface area contributed by atoms with Crippen molar-refractivity contribution in [2.45, 2.75) is 6.42 Å². The summed E-state index contributed by atoms with van der Waals surface area (Å²) in [6, 6.07) is 5.57. The lowest BCUT2D eigenvalue weighted by molar-refractivity contribution is 0.0997. The molecular weight excluding hydrogens is 185 g/mol. The molecule has 1 aromatic rings. The number of hydrogen-bond acceptors (Lipinski definition) is 3. The van der Waals surface area contributed by atoms with E-state index in [4.69, 9.17) is 5.26 Å². The lowest BCUT2D eigenvalue weighted by atomic mass is 10.1. The third-order valence-corrected chi connectivity index (χ3v) is 1.71. The maximum atomic E-state index is 13.1. The van der Waals surface area contributed by atoms with Crippen molar-refractivity contribution in [3.8, 4) is 11.8 Å². The highest BCUT2D eigenvalue weighted by Crippen LogP contribution is 2.18. The summed E-state index contributed by atoms with van der Waals surface area (Å²) < 4.78 is 17.8. The SMILES string of the molecule is COc1ccc(C(=O)CC#N)cc1F. The topological polar surface area (TPSA) is 50.1 Å². The number of rotatable bonds is 3. The van der Waals surface area contributed by atoms with Gasteiger partial charge in [0, 0.05) is 5.56 Å². The molecule has 0 amide bonds. The molecule has 1 rings (SSSR count). The van der Waals surface area contributed by atoms with Crippen molar-refractivity contribution in [1.82, 2.24) is 0 Å². The predicted octanol–water partition coefficient (Wildman–Crippen LogP) is 1.93. The Morgan fingerprint density at radius 3 is 2.86 bits per heavy atom. The summed E-state index contributed by atoms with van der Waals surface area (Å²) in [5.41, 5.74) is 0.185. The predicted molar refractivity (Wildman–Crippen MR) is 47.5 cm³/mol. The van der Waals surface area contributed by atoms with Gasteiger partial charge in [-0.15, -0.1) is 0 Å². The Kier molecular flexibility index (Phi) is 3.19. The minimum atomic E-state index is -0.601. The van der Waals surface area contributed by atoms with Gasteiger partial charge in [0.05, 0.1) is 19.6 Å². The first-order valence-electron chi connectivity index (χ1n) is 3.92. The normalized spacial score (nSPS) is 9.21. The summed E-state index contributed by atoms with van der Waals surface area (Å²) in [5.74, 6) is -0.913. The highest BCUT2D eigenvalue weighted by atomic mass is 19.1. The van der Waals surface area contributed by atoms with Crippen LogP contribution in [0.1, 0.15) is 16.8 Å². The van der Waals surface area contributed by atoms with Crippen molar-refractivity contribution < 1.29 is 13.9 Å². The molecule has 0 aliphatic rings. The third-order valence-electron chi connectivity index (χ3n) is 1.71. The van der Waals surface area contributed by atoms with Crippen LogP contribution >= 0.6 is 0 Å². The van der Waals surface area contributed by atoms with Crippen molar-refractivity contribution in [2.75, 3.05) is 7.11 Å². The van der Waals surface area contributed by atoms with Gasteiger partial charge in [0.15, 0.2) is 17.3 Å². The van der Waals surface area contributed by atoms with E-state index in [2.05, 4.69) is 4.74 Å². The van der Waals surface area contributed by atoms with E-state index in [9.17, 15) is 9.18 Å². The lowest BCUT2D eigenvalue weighted by Gasteiger charge is -2.02. The summed E-state index contributed by atoms with van der Waals surface area (Å²) in [7, 11) is 1.34. The van der Waals surface area contributed by atoms with Crippen molar-refractivity contribution in [3.63, 3.8) is 0 Å². The van der Waals surface area contributed by atoms with Crippen LogP contribution in [0, 0.1) is 17.1 Å². The molecular formula is C10H8FNO2. The number of nitriles is 1. The van der Waals surface area contributed by atoms with Crippen LogP contribution < -0.4 is 4.74 Å². The number of hydrogen-bond donors (Lipinski definition) is 0. The first-order valence-corrected chi connectivity index (χ1v) is 3.92. The minimum absolute atomic E-state index is 0.0820. The van der Waals surface area contributed by atoms with E-state index in [-0.39, 0.29) is 17.7 Å². The summed E-state index contributed by atoms with van der Waals surface area (Å²) in [5, 5.41) is 8.28. The largest absolute Gasteiger partial charge is 0.494 e. The molecule has 4 heteroatoms. The first-order chi connectivity index (χ1) is 6.69. The standard InChI is InChI=1S/C10H8FNO2/c1-14-10-3-2-7(6-8(10)11)9(13)4-5-12/h2-3,6H,4H2,1H3. The Bertz CT molecular complexity index is 396. The van der Waals surface area contributed by atoms with Crippen LogP contribution in [0.2, 0.25) is 0 Å². The van der Waals surface area contributed by atoms with Crippen LogP contribution in [0.4, 0.5) is 4.39 Å². The van der Waals surface area contributed by atoms with Crippen LogP contribution in [0.15, 0.2) is 18.2 Å². The summed E-state index contributed by atoms with van der Waals surface area (Å²) >= 11 is 0. The monoisotopic (exact) mass is 193 g/mol. The second kappa shape index (κ2) is 4.38. The number of ether oxygens (including phenoxy) is 1. The molecule has 72 valence electrons. The number of ketones is 1. The van der Waals surface area contributed by atoms with Gasteiger partial charge in [-0.2, -0.15) is 5.26 Å². The zero-order valence-corrected chi connectivity index (χ0v) is 7.58. The number of Topliss-reactive ketones (excluding diaryl/α,β-unsaturated/α-hetero) is 1. The van der Waals surface area contributed by atoms with E-state index in [0.29, 0.717) is 0 Å². The Hall–Kier alpha value is -1.89. The Labute approximate surface area is 80.7 Å². The smallest absolute Gasteiger partial charge is 0.177 e. The Morgan fingerprint density at radius 1 is 1.64 bits per heavy atom. The van der Waals surface area contributed by atoms with Gasteiger partial charge >= 0.3 is 0 Å². The Morgan fingerprint density at radius 2 is 2.36 bits per heavy atom. The molecule has 0 unspecified atom stereocenters. The molecule has 0 aromatic heterocycles. The van der Waals surface area contributed by atoms with Crippen LogP contribution in [-0.2, 0) is 0 Å². The van der Waals surface area contributed by atoms with Gasteiger partial charge in [-0.25, -0.2) is 4.39 Å². The minimum Gasteiger partial charge on any atom is -0.494 e. The van der Waals surface area contributed by atoms with Crippen LogP contribution in [0.25, 0.3) is 0 Å². The van der Waals surface area contributed by atoms with Gasteiger partial charge in [-0.3, -0.25) is 4.79 Å². The molecule has 0 aliphatic heterocycles. The highest BCUT2D eigenvalue weighted by molar-refractivity contribution is 5.97. The number of carbonyl (C=O) groups is 1. The van der Waals surface area contributed by atoms with Crippen molar-refractivity contribution in [3.05, 3.63) is 29.6 Å². The number of nitrogens with zero attached hydrogens (tertiary/aromatic N) is 1. The van der Waals surface area contributed by atoms with E-state index < -0.39 is 11.6 Å². The molecule has 0 saturated carbocycles. The van der Waals surface area contributed by atoms with Gasteiger partial charge in [-0.05, 0) is 18.2 Å². The molecule has 0 bridgehead atoms. The molecule has 0 fully saturated rings. The lowest BCUT2D eigenvalue weighted by Crippen LogP contribution is -1.99. The number of methoxy groups -OCH3 is 1. The summed E-state index contributed by atoms with van der Waals surface area (Å²) in [6.45, 7) is 0. The third kappa shape index (κ3) is 2.07. The zero-order valence-electron chi connectivity index (χ0n) is 7.58. The van der Waals surface area contributed by atoms with Crippen LogP contribution in [0.3, 0.4) is 0 Å². The quantitative estimate of drug-likeness (QED) is 0.689. The average molecular weight is 193 g/mol. The van der Waals surface area contributed by atoms with Gasteiger partial charge in [0.2, 0.25) is 0 Å². The summed E-state index contributed by atoms with van der Waals surface area (Å²) in [6.07, 6.45) is -0.244. The van der Waals surface area contributed by atoms with E-state index in [1.54, 1.807) is 6.07 Å². The fourth-order valence-electron chi connectivity index (χ4n) is 1.01. The molecule has 0 radical (unpaired) electrons. The fraction of sp³-hybridized carbons (Fsp3) is 0.200. The maximum absolute atomic E-state index is 13.1. The summed E-state index contributed by atoms with van der Waals surface area (Å²) in [4.78, 5) is 11.2. The second-order valence-corrected chi connectivity index (χ2v) is 2.61. The number of carbonyl (C=O) groups excluding carboxylic acids is 1. The molecule has 1 aromatic carbocycles. The molecule has 0 spiro atoms. The molecule has 0 heterocycles.